The first-order chi connectivity index (χ1) is 8.04. The van der Waals surface area contributed by atoms with Crippen molar-refractivity contribution in [1.29, 1.82) is 0 Å². The molecule has 5 nitrogen and oxygen atoms in total. The molecule has 1 rings (SSSR count). The lowest BCUT2D eigenvalue weighted by molar-refractivity contribution is -0.139. The Hall–Kier alpha value is -1.11. The first-order valence-electron chi connectivity index (χ1n) is 4.91. The van der Waals surface area contributed by atoms with Crippen LogP contribution in [0, 0.1) is 0 Å². The molecule has 94 valence electrons. The number of benzene rings is 1. The first kappa shape index (κ1) is 14.0. The van der Waals surface area contributed by atoms with Gasteiger partial charge in [0.05, 0.1) is 6.10 Å². The average molecular weight is 305 g/mol. The Morgan fingerprint density at radius 3 is 2.35 bits per heavy atom. The molecule has 0 bridgehead atoms. The molecule has 0 fully saturated rings. The molecule has 0 aliphatic heterocycles. The van der Waals surface area contributed by atoms with Crippen LogP contribution in [-0.4, -0.2) is 39.3 Å². The standard InChI is InChI=1S/C11H13BrO5/c12-5-9(13)11(16)7-1-3-8(4-2-7)17-6-10(14)15/h1-4,9,11,13,16H,5-6H2,(H,14,15). The summed E-state index contributed by atoms with van der Waals surface area (Å²) in [5, 5.41) is 27.8. The highest BCUT2D eigenvalue weighted by atomic mass is 79.9. The highest BCUT2D eigenvalue weighted by molar-refractivity contribution is 9.09. The molecule has 2 unspecified atom stereocenters. The van der Waals surface area contributed by atoms with Gasteiger partial charge in [-0.15, -0.1) is 0 Å². The maximum atomic E-state index is 10.3. The number of rotatable bonds is 6. The summed E-state index contributed by atoms with van der Waals surface area (Å²) in [4.78, 5) is 10.3. The number of carboxylic acid groups (broad SMARTS) is 1. The summed E-state index contributed by atoms with van der Waals surface area (Å²) >= 11 is 3.07. The van der Waals surface area contributed by atoms with Crippen molar-refractivity contribution in [1.82, 2.24) is 0 Å². The number of halogens is 1. The Balaban J connectivity index is 2.64. The zero-order valence-electron chi connectivity index (χ0n) is 8.91. The minimum Gasteiger partial charge on any atom is -0.482 e. The van der Waals surface area contributed by atoms with E-state index < -0.39 is 24.8 Å². The summed E-state index contributed by atoms with van der Waals surface area (Å²) in [5.74, 6) is -0.652. The van der Waals surface area contributed by atoms with Gasteiger partial charge in [0.1, 0.15) is 11.9 Å². The maximum Gasteiger partial charge on any atom is 0.341 e. The number of hydrogen-bond acceptors (Lipinski definition) is 4. The summed E-state index contributed by atoms with van der Waals surface area (Å²) in [6.07, 6.45) is -1.87. The van der Waals surface area contributed by atoms with Gasteiger partial charge in [-0.25, -0.2) is 4.79 Å². The van der Waals surface area contributed by atoms with Crippen molar-refractivity contribution in [2.75, 3.05) is 11.9 Å². The van der Waals surface area contributed by atoms with Crippen molar-refractivity contribution < 1.29 is 24.9 Å². The smallest absolute Gasteiger partial charge is 0.341 e. The summed E-state index contributed by atoms with van der Waals surface area (Å²) in [6.45, 7) is -0.411. The number of alkyl halides is 1. The van der Waals surface area contributed by atoms with Crippen LogP contribution < -0.4 is 4.74 Å². The molecule has 1 aromatic carbocycles. The Labute approximate surface area is 107 Å². The Bertz CT molecular complexity index is 365. The molecule has 0 aliphatic rings. The fraction of sp³-hybridized carbons (Fsp3) is 0.364. The molecule has 0 heterocycles. The van der Waals surface area contributed by atoms with Crippen molar-refractivity contribution in [3.05, 3.63) is 29.8 Å². The zero-order chi connectivity index (χ0) is 12.8. The third-order valence-electron chi connectivity index (χ3n) is 2.11. The number of ether oxygens (including phenoxy) is 1. The SMILES string of the molecule is O=C(O)COc1ccc(C(O)C(O)CBr)cc1. The van der Waals surface area contributed by atoms with Crippen LogP contribution in [0.5, 0.6) is 5.75 Å². The zero-order valence-corrected chi connectivity index (χ0v) is 10.5. The van der Waals surface area contributed by atoms with Gasteiger partial charge in [0.15, 0.2) is 6.61 Å². The summed E-state index contributed by atoms with van der Waals surface area (Å²) in [6, 6.07) is 6.24. The second-order valence-electron chi connectivity index (χ2n) is 3.42. The minimum absolute atomic E-state index is 0.269. The van der Waals surface area contributed by atoms with Crippen LogP contribution >= 0.6 is 15.9 Å². The predicted octanol–water partition coefficient (Wildman–Crippen LogP) is 0.939. The lowest BCUT2D eigenvalue weighted by Gasteiger charge is -2.16. The second kappa shape index (κ2) is 6.58. The van der Waals surface area contributed by atoms with Crippen molar-refractivity contribution >= 4 is 21.9 Å². The topological polar surface area (TPSA) is 87.0 Å². The fourth-order valence-corrected chi connectivity index (χ4v) is 1.57. The quantitative estimate of drug-likeness (QED) is 0.681. The van der Waals surface area contributed by atoms with Crippen LogP contribution in [0.1, 0.15) is 11.7 Å². The normalized spacial score (nSPS) is 14.1. The van der Waals surface area contributed by atoms with Gasteiger partial charge in [0.2, 0.25) is 0 Å². The lowest BCUT2D eigenvalue weighted by atomic mass is 10.1. The van der Waals surface area contributed by atoms with Gasteiger partial charge in [-0.3, -0.25) is 0 Å². The molecule has 3 N–H and O–H groups in total. The number of carboxylic acids is 1. The molecule has 0 saturated heterocycles. The first-order valence-corrected chi connectivity index (χ1v) is 6.03. The molecule has 0 radical (unpaired) electrons. The third-order valence-corrected chi connectivity index (χ3v) is 2.77. The molecule has 0 spiro atoms. The number of carbonyl (C=O) groups is 1. The van der Waals surface area contributed by atoms with Crippen molar-refractivity contribution in [2.45, 2.75) is 12.2 Å². The highest BCUT2D eigenvalue weighted by Gasteiger charge is 2.16. The van der Waals surface area contributed by atoms with E-state index in [2.05, 4.69) is 15.9 Å². The van der Waals surface area contributed by atoms with E-state index in [9.17, 15) is 15.0 Å². The second-order valence-corrected chi connectivity index (χ2v) is 4.07. The Morgan fingerprint density at radius 1 is 1.29 bits per heavy atom. The number of aliphatic carboxylic acids is 1. The van der Waals surface area contributed by atoms with Crippen molar-refractivity contribution in [3.63, 3.8) is 0 Å². The number of aliphatic hydroxyl groups excluding tert-OH is 2. The van der Waals surface area contributed by atoms with Crippen LogP contribution in [0.3, 0.4) is 0 Å². The monoisotopic (exact) mass is 304 g/mol. The Morgan fingerprint density at radius 2 is 1.88 bits per heavy atom. The molecular weight excluding hydrogens is 292 g/mol. The molecule has 17 heavy (non-hydrogen) atoms. The molecule has 0 aromatic heterocycles. The van der Waals surface area contributed by atoms with E-state index in [0.717, 1.165) is 0 Å². The van der Waals surface area contributed by atoms with Crippen molar-refractivity contribution in [2.24, 2.45) is 0 Å². The molecule has 1 aromatic rings. The molecule has 0 aliphatic carbocycles. The lowest BCUT2D eigenvalue weighted by Crippen LogP contribution is -2.19. The van der Waals surface area contributed by atoms with Gasteiger partial charge in [0, 0.05) is 5.33 Å². The Kier molecular flexibility index (Phi) is 5.40. The van der Waals surface area contributed by atoms with Gasteiger partial charge in [-0.1, -0.05) is 28.1 Å². The average Bonchev–Trinajstić information content (AvgIpc) is 2.35. The predicted molar refractivity (Wildman–Crippen MR) is 64.3 cm³/mol. The molecule has 2 atom stereocenters. The van der Waals surface area contributed by atoms with Crippen LogP contribution in [0.4, 0.5) is 0 Å². The van der Waals surface area contributed by atoms with E-state index in [1.807, 2.05) is 0 Å². The van der Waals surface area contributed by atoms with Gasteiger partial charge in [0.25, 0.3) is 0 Å². The number of aliphatic hydroxyl groups is 2. The summed E-state index contributed by atoms with van der Waals surface area (Å²) in [5.41, 5.74) is 0.541. The van der Waals surface area contributed by atoms with Crippen LogP contribution in [-0.2, 0) is 4.79 Å². The van der Waals surface area contributed by atoms with Gasteiger partial charge in [-0.2, -0.15) is 0 Å². The van der Waals surface area contributed by atoms with Gasteiger partial charge >= 0.3 is 5.97 Å². The number of hydrogen-bond donors (Lipinski definition) is 3. The van der Waals surface area contributed by atoms with E-state index in [-0.39, 0.29) is 5.33 Å². The molecule has 0 amide bonds. The molecular formula is C11H13BrO5. The van der Waals surface area contributed by atoms with E-state index >= 15 is 0 Å². The van der Waals surface area contributed by atoms with Crippen LogP contribution in [0.2, 0.25) is 0 Å². The maximum absolute atomic E-state index is 10.3. The van der Waals surface area contributed by atoms with E-state index in [0.29, 0.717) is 11.3 Å². The van der Waals surface area contributed by atoms with Crippen molar-refractivity contribution in [3.8, 4) is 5.75 Å². The molecule has 0 saturated carbocycles. The van der Waals surface area contributed by atoms with E-state index in [1.54, 1.807) is 24.3 Å². The largest absolute Gasteiger partial charge is 0.482 e. The summed E-state index contributed by atoms with van der Waals surface area (Å²) < 4.78 is 4.94. The minimum atomic E-state index is -1.05. The highest BCUT2D eigenvalue weighted by Crippen LogP contribution is 2.21. The van der Waals surface area contributed by atoms with E-state index in [1.165, 1.54) is 0 Å². The molecule has 6 heteroatoms. The van der Waals surface area contributed by atoms with Crippen LogP contribution in [0.15, 0.2) is 24.3 Å². The third kappa shape index (κ3) is 4.33. The summed E-state index contributed by atoms with van der Waals surface area (Å²) in [7, 11) is 0. The van der Waals surface area contributed by atoms with Gasteiger partial charge < -0.3 is 20.1 Å². The fourth-order valence-electron chi connectivity index (χ4n) is 1.21. The van der Waals surface area contributed by atoms with Gasteiger partial charge in [-0.05, 0) is 17.7 Å². The van der Waals surface area contributed by atoms with E-state index in [4.69, 9.17) is 9.84 Å². The van der Waals surface area contributed by atoms with Crippen LogP contribution in [0.25, 0.3) is 0 Å².